The van der Waals surface area contributed by atoms with Crippen LogP contribution in [0.5, 0.6) is 6.01 Å². The molecule has 6 heterocycles. The number of pyridine rings is 1. The normalized spacial score (nSPS) is 29.1. The summed E-state index contributed by atoms with van der Waals surface area (Å²) in [5.41, 5.74) is -1.88. The summed E-state index contributed by atoms with van der Waals surface area (Å²) in [7, 11) is 0. The van der Waals surface area contributed by atoms with Gasteiger partial charge in [-0.1, -0.05) is 30.2 Å². The number of hydrogen-bond donors (Lipinski definition) is 0. The molecule has 242 valence electrons. The highest BCUT2D eigenvalue weighted by Crippen LogP contribution is 2.53. The van der Waals surface area contributed by atoms with Gasteiger partial charge in [0.1, 0.15) is 41.3 Å². The molecule has 5 atom stereocenters. The van der Waals surface area contributed by atoms with E-state index in [1.807, 2.05) is 4.90 Å². The average Bonchev–Trinajstić information content (AvgIpc) is 3.71. The quantitative estimate of drug-likeness (QED) is 0.174. The van der Waals surface area contributed by atoms with Crippen LogP contribution in [0.3, 0.4) is 0 Å². The van der Waals surface area contributed by atoms with Gasteiger partial charge in [0.2, 0.25) is 0 Å². The number of rotatable bonds is 4. The highest BCUT2D eigenvalue weighted by atomic mass is 19.3. The maximum atomic E-state index is 17.0. The van der Waals surface area contributed by atoms with E-state index in [-0.39, 0.29) is 51.8 Å². The Labute approximate surface area is 268 Å². The molecular formula is C36H32F5N5O. The van der Waals surface area contributed by atoms with Gasteiger partial charge in [0, 0.05) is 42.9 Å². The lowest BCUT2D eigenvalue weighted by Crippen LogP contribution is -2.47. The van der Waals surface area contributed by atoms with Crippen LogP contribution in [-0.2, 0) is 5.92 Å². The smallest absolute Gasteiger partial charge is 0.319 e. The summed E-state index contributed by atoms with van der Waals surface area (Å²) in [4.78, 5) is 17.6. The van der Waals surface area contributed by atoms with Crippen molar-refractivity contribution < 1.29 is 26.7 Å². The minimum atomic E-state index is -3.44. The predicted molar refractivity (Wildman–Crippen MR) is 167 cm³/mol. The number of anilines is 1. The van der Waals surface area contributed by atoms with Gasteiger partial charge in [-0.3, -0.25) is 4.90 Å². The largest absolute Gasteiger partial charge is 0.461 e. The van der Waals surface area contributed by atoms with Gasteiger partial charge >= 0.3 is 6.01 Å². The summed E-state index contributed by atoms with van der Waals surface area (Å²) in [6.07, 6.45) is 8.83. The Morgan fingerprint density at radius 2 is 1.89 bits per heavy atom. The zero-order valence-corrected chi connectivity index (χ0v) is 25.6. The Bertz CT molecular complexity index is 2010. The predicted octanol–water partition coefficient (Wildman–Crippen LogP) is 7.16. The molecule has 5 aliphatic rings. The number of hydrogen-bond acceptors (Lipinski definition) is 6. The van der Waals surface area contributed by atoms with E-state index >= 15 is 13.2 Å². The number of benzene rings is 2. The zero-order chi connectivity index (χ0) is 32.2. The molecule has 4 aromatic rings. The molecular weight excluding hydrogens is 613 g/mol. The SMILES string of the molecule is C#Cc1c(F)ccc2cccc(-c3nc4c5c(nc(OC[C@@]67CCCN6C[C@H](F)C7)nc5c3F)N3C[C@H]5CC[C@H](C5)[C@H]3CC4(F)F)c12. The van der Waals surface area contributed by atoms with E-state index in [1.165, 1.54) is 18.2 Å². The third kappa shape index (κ3) is 4.29. The van der Waals surface area contributed by atoms with Crippen molar-refractivity contribution in [1.29, 1.82) is 0 Å². The van der Waals surface area contributed by atoms with Crippen LogP contribution >= 0.6 is 0 Å². The lowest BCUT2D eigenvalue weighted by atomic mass is 9.87. The minimum Gasteiger partial charge on any atom is -0.461 e. The second-order valence-corrected chi connectivity index (χ2v) is 14.1. The molecule has 47 heavy (non-hydrogen) atoms. The first-order chi connectivity index (χ1) is 22.7. The van der Waals surface area contributed by atoms with E-state index in [9.17, 15) is 8.78 Å². The summed E-state index contributed by atoms with van der Waals surface area (Å²) in [6, 6.07) is 6.88. The molecule has 0 N–H and O–H groups in total. The summed E-state index contributed by atoms with van der Waals surface area (Å²) >= 11 is 0. The average molecular weight is 646 g/mol. The van der Waals surface area contributed by atoms with Crippen molar-refractivity contribution in [2.45, 2.75) is 68.6 Å². The van der Waals surface area contributed by atoms with E-state index in [4.69, 9.17) is 16.1 Å². The molecule has 2 aromatic carbocycles. The second-order valence-electron chi connectivity index (χ2n) is 14.1. The van der Waals surface area contributed by atoms with Crippen LogP contribution in [0, 0.1) is 35.8 Å². The fourth-order valence-electron chi connectivity index (χ4n) is 9.37. The molecule has 3 saturated heterocycles. The molecule has 11 heteroatoms. The summed E-state index contributed by atoms with van der Waals surface area (Å²) in [5.74, 6) is -2.18. The maximum Gasteiger partial charge on any atom is 0.319 e. The molecule has 0 unspecified atom stereocenters. The first-order valence-electron chi connectivity index (χ1n) is 16.4. The van der Waals surface area contributed by atoms with E-state index in [2.05, 4.69) is 20.8 Å². The highest BCUT2D eigenvalue weighted by Gasteiger charge is 2.52. The molecule has 0 spiro atoms. The Kier molecular flexibility index (Phi) is 6.34. The van der Waals surface area contributed by atoms with Crippen LogP contribution in [0.1, 0.15) is 56.2 Å². The number of ether oxygens (including phenoxy) is 1. The molecule has 2 bridgehead atoms. The molecule has 1 aliphatic carbocycles. The van der Waals surface area contributed by atoms with Gasteiger partial charge in [-0.25, -0.2) is 18.2 Å². The second kappa shape index (κ2) is 10.2. The standard InChI is InChI=1S/C36H32F5N5O/c1-2-23-25(38)10-9-20-5-3-6-24(27(20)23)30-29(39)31-28-32(42-30)36(40,41)15-26-21-8-7-19(13-21)16-46(26)33(28)44-34(43-31)47-18-35-11-4-12-45(35)17-22(37)14-35/h1,3,5-6,9-10,19,21-22,26H,4,7-8,11-18H2/t19-,21+,22+,26+,35-/m0/s1. The third-order valence-corrected chi connectivity index (χ3v) is 11.4. The number of terminal acetylenes is 1. The first-order valence-corrected chi connectivity index (χ1v) is 16.4. The summed E-state index contributed by atoms with van der Waals surface area (Å²) < 4.78 is 85.8. The lowest BCUT2D eigenvalue weighted by molar-refractivity contribution is -0.0281. The van der Waals surface area contributed by atoms with E-state index in [1.54, 1.807) is 12.1 Å². The number of halogens is 5. The number of nitrogens with zero attached hydrogens (tertiary/aromatic N) is 5. The van der Waals surface area contributed by atoms with Gasteiger partial charge < -0.3 is 9.64 Å². The van der Waals surface area contributed by atoms with Crippen molar-refractivity contribution in [3.05, 3.63) is 53.2 Å². The third-order valence-electron chi connectivity index (χ3n) is 11.4. The van der Waals surface area contributed by atoms with Crippen molar-refractivity contribution in [3.63, 3.8) is 0 Å². The van der Waals surface area contributed by atoms with E-state index in [0.29, 0.717) is 30.8 Å². The van der Waals surface area contributed by atoms with Crippen LogP contribution in [-0.4, -0.2) is 63.8 Å². The van der Waals surface area contributed by atoms with Gasteiger partial charge in [-0.2, -0.15) is 18.7 Å². The van der Waals surface area contributed by atoms with Crippen LogP contribution in [0.15, 0.2) is 30.3 Å². The van der Waals surface area contributed by atoms with Crippen molar-refractivity contribution >= 4 is 27.5 Å². The van der Waals surface area contributed by atoms with Crippen LogP contribution in [0.4, 0.5) is 27.8 Å². The van der Waals surface area contributed by atoms with Crippen LogP contribution < -0.4 is 9.64 Å². The molecule has 0 radical (unpaired) electrons. The number of fused-ring (bicyclic) bond motifs is 7. The van der Waals surface area contributed by atoms with E-state index < -0.39 is 53.1 Å². The summed E-state index contributed by atoms with van der Waals surface area (Å²) in [5, 5.41) is 0.577. The molecule has 2 aromatic heterocycles. The Balaban J connectivity index is 1.28. The number of piperidine rings is 1. The lowest BCUT2D eigenvalue weighted by Gasteiger charge is -2.41. The van der Waals surface area contributed by atoms with Crippen LogP contribution in [0.2, 0.25) is 0 Å². The van der Waals surface area contributed by atoms with Crippen molar-refractivity contribution in [2.75, 3.05) is 31.1 Å². The fourth-order valence-corrected chi connectivity index (χ4v) is 9.37. The van der Waals surface area contributed by atoms with Gasteiger partial charge in [0.25, 0.3) is 5.92 Å². The fraction of sp³-hybridized carbons (Fsp3) is 0.472. The topological polar surface area (TPSA) is 54.4 Å². The first kappa shape index (κ1) is 29.1. The monoisotopic (exact) mass is 645 g/mol. The zero-order valence-electron chi connectivity index (χ0n) is 25.6. The van der Waals surface area contributed by atoms with Gasteiger partial charge in [0.05, 0.1) is 16.5 Å². The van der Waals surface area contributed by atoms with Gasteiger partial charge in [0.15, 0.2) is 5.82 Å². The Morgan fingerprint density at radius 3 is 2.74 bits per heavy atom. The van der Waals surface area contributed by atoms with Crippen LogP contribution in [0.25, 0.3) is 32.9 Å². The van der Waals surface area contributed by atoms with Gasteiger partial charge in [-0.05, 0) is 61.9 Å². The minimum absolute atomic E-state index is 0.0396. The molecule has 4 fully saturated rings. The molecule has 1 saturated carbocycles. The molecule has 0 amide bonds. The highest BCUT2D eigenvalue weighted by molar-refractivity contribution is 6.03. The summed E-state index contributed by atoms with van der Waals surface area (Å²) in [6.45, 7) is 1.71. The maximum absolute atomic E-state index is 17.0. The molecule has 4 aliphatic heterocycles. The molecule has 9 rings (SSSR count). The van der Waals surface area contributed by atoms with Crippen molar-refractivity contribution in [1.82, 2.24) is 19.9 Å². The molecule has 6 nitrogen and oxygen atoms in total. The Hall–Kier alpha value is -4.04. The Morgan fingerprint density at radius 1 is 1.02 bits per heavy atom. The number of alkyl halides is 3. The van der Waals surface area contributed by atoms with Crippen molar-refractivity contribution in [2.24, 2.45) is 11.8 Å². The van der Waals surface area contributed by atoms with Gasteiger partial charge in [-0.15, -0.1) is 6.42 Å². The number of aromatic nitrogens is 3. The van der Waals surface area contributed by atoms with E-state index in [0.717, 1.165) is 38.6 Å². The van der Waals surface area contributed by atoms with Crippen molar-refractivity contribution in [3.8, 4) is 29.6 Å².